The average molecular weight is 419 g/mol. The van der Waals surface area contributed by atoms with E-state index >= 15 is 0 Å². The van der Waals surface area contributed by atoms with E-state index in [1.165, 1.54) is 0 Å². The summed E-state index contributed by atoms with van der Waals surface area (Å²) in [5.41, 5.74) is 10.5. The highest BCUT2D eigenvalue weighted by molar-refractivity contribution is 5.95. The van der Waals surface area contributed by atoms with E-state index in [-0.39, 0.29) is 12.3 Å². The number of carboxylic acid groups (broad SMARTS) is 1. The number of carbonyl (C=O) groups is 5. The van der Waals surface area contributed by atoms with Gasteiger partial charge in [-0.3, -0.25) is 19.2 Å². The molecular weight excluding hydrogens is 390 g/mol. The lowest BCUT2D eigenvalue weighted by Gasteiger charge is -2.24. The second-order valence-electron chi connectivity index (χ2n) is 6.79. The molecule has 0 rings (SSSR count). The molecule has 4 unspecified atom stereocenters. The van der Waals surface area contributed by atoms with Crippen molar-refractivity contribution in [3.05, 3.63) is 0 Å². The van der Waals surface area contributed by atoms with Gasteiger partial charge in [0.1, 0.15) is 18.1 Å². The third-order valence-electron chi connectivity index (χ3n) is 3.71. The predicted octanol–water partition coefficient (Wildman–Crippen LogP) is -4.24. The molecule has 4 atom stereocenters. The maximum atomic E-state index is 12.5. The van der Waals surface area contributed by atoms with Crippen LogP contribution in [0.1, 0.15) is 26.7 Å². The van der Waals surface area contributed by atoms with Gasteiger partial charge in [0.05, 0.1) is 25.7 Å². The number of hydrogen-bond donors (Lipinski definition) is 8. The van der Waals surface area contributed by atoms with Gasteiger partial charge in [-0.1, -0.05) is 13.8 Å². The minimum absolute atomic E-state index is 0.0643. The maximum Gasteiger partial charge on any atom is 0.328 e. The Morgan fingerprint density at radius 3 is 1.69 bits per heavy atom. The number of nitrogens with one attached hydrogen (secondary N) is 3. The molecule has 13 heteroatoms. The van der Waals surface area contributed by atoms with Gasteiger partial charge < -0.3 is 42.7 Å². The molecule has 29 heavy (non-hydrogen) atoms. The zero-order chi connectivity index (χ0) is 22.7. The maximum absolute atomic E-state index is 12.5. The van der Waals surface area contributed by atoms with E-state index in [0.717, 1.165) is 0 Å². The molecule has 0 radical (unpaired) electrons. The first-order chi connectivity index (χ1) is 13.4. The average Bonchev–Trinajstić information content (AvgIpc) is 2.61. The largest absolute Gasteiger partial charge is 0.480 e. The van der Waals surface area contributed by atoms with Crippen molar-refractivity contribution in [1.29, 1.82) is 0 Å². The molecule has 0 aromatic rings. The second-order valence-corrected chi connectivity index (χ2v) is 6.79. The summed E-state index contributed by atoms with van der Waals surface area (Å²) in [5, 5.41) is 33.7. The monoisotopic (exact) mass is 419 g/mol. The van der Waals surface area contributed by atoms with Crippen LogP contribution < -0.4 is 27.4 Å². The molecule has 0 saturated carbocycles. The first-order valence-corrected chi connectivity index (χ1v) is 8.82. The van der Waals surface area contributed by atoms with Crippen LogP contribution in [-0.4, -0.2) is 82.3 Å². The van der Waals surface area contributed by atoms with Crippen LogP contribution in [0, 0.1) is 5.92 Å². The van der Waals surface area contributed by atoms with E-state index < -0.39 is 73.4 Å². The van der Waals surface area contributed by atoms with Crippen molar-refractivity contribution < 1.29 is 39.3 Å². The first kappa shape index (κ1) is 26.2. The molecular formula is C16H29N5O8. The molecule has 0 saturated heterocycles. The normalized spacial score (nSPS) is 15.0. The molecule has 4 amide bonds. The molecule has 166 valence electrons. The van der Waals surface area contributed by atoms with E-state index in [0.29, 0.717) is 0 Å². The minimum atomic E-state index is -1.62. The summed E-state index contributed by atoms with van der Waals surface area (Å²) in [6, 6.07) is -5.56. The number of nitrogens with two attached hydrogens (primary N) is 2. The molecule has 0 fully saturated rings. The Morgan fingerprint density at radius 2 is 1.28 bits per heavy atom. The van der Waals surface area contributed by atoms with Crippen molar-refractivity contribution in [2.24, 2.45) is 17.4 Å². The summed E-state index contributed by atoms with van der Waals surface area (Å²) >= 11 is 0. The molecule has 10 N–H and O–H groups in total. The van der Waals surface area contributed by atoms with Crippen molar-refractivity contribution in [2.45, 2.75) is 50.9 Å². The van der Waals surface area contributed by atoms with Crippen molar-refractivity contribution in [3.8, 4) is 0 Å². The third-order valence-corrected chi connectivity index (χ3v) is 3.71. The van der Waals surface area contributed by atoms with Crippen LogP contribution in [0.5, 0.6) is 0 Å². The van der Waals surface area contributed by atoms with Gasteiger partial charge in [0.25, 0.3) is 0 Å². The number of rotatable bonds is 13. The fourth-order valence-corrected chi connectivity index (χ4v) is 2.22. The summed E-state index contributed by atoms with van der Waals surface area (Å²) in [6.45, 7) is 1.78. The Bertz CT molecular complexity index is 612. The van der Waals surface area contributed by atoms with E-state index in [2.05, 4.69) is 10.6 Å². The number of aliphatic carboxylic acids is 1. The van der Waals surface area contributed by atoms with Gasteiger partial charge in [0, 0.05) is 0 Å². The predicted molar refractivity (Wildman–Crippen MR) is 98.8 cm³/mol. The highest BCUT2D eigenvalue weighted by atomic mass is 16.4. The Morgan fingerprint density at radius 1 is 0.828 bits per heavy atom. The Kier molecular flexibility index (Phi) is 11.4. The molecule has 0 heterocycles. The quantitative estimate of drug-likeness (QED) is 0.144. The number of carbonyl (C=O) groups excluding carboxylic acids is 4. The molecule has 0 bridgehead atoms. The van der Waals surface area contributed by atoms with Gasteiger partial charge in [-0.15, -0.1) is 0 Å². The van der Waals surface area contributed by atoms with Crippen molar-refractivity contribution in [2.75, 3.05) is 13.2 Å². The molecule has 0 spiro atoms. The van der Waals surface area contributed by atoms with Gasteiger partial charge in [-0.2, -0.15) is 0 Å². The highest BCUT2D eigenvalue weighted by Gasteiger charge is 2.30. The van der Waals surface area contributed by atoms with Crippen LogP contribution in [0.15, 0.2) is 0 Å². The molecule has 0 aliphatic rings. The fraction of sp³-hybridized carbons (Fsp3) is 0.688. The van der Waals surface area contributed by atoms with Gasteiger partial charge >= 0.3 is 5.97 Å². The lowest BCUT2D eigenvalue weighted by molar-refractivity contribution is -0.143. The van der Waals surface area contributed by atoms with E-state index in [1.807, 2.05) is 5.32 Å². The van der Waals surface area contributed by atoms with Crippen LogP contribution in [0.4, 0.5) is 0 Å². The molecule has 0 aliphatic heterocycles. The number of carboxylic acids is 1. The molecule has 0 aromatic heterocycles. The third kappa shape index (κ3) is 9.82. The van der Waals surface area contributed by atoms with Crippen LogP contribution in [0.25, 0.3) is 0 Å². The zero-order valence-corrected chi connectivity index (χ0v) is 16.3. The topological polar surface area (TPSA) is 234 Å². The first-order valence-electron chi connectivity index (χ1n) is 8.82. The summed E-state index contributed by atoms with van der Waals surface area (Å²) in [4.78, 5) is 58.4. The summed E-state index contributed by atoms with van der Waals surface area (Å²) < 4.78 is 0. The summed E-state index contributed by atoms with van der Waals surface area (Å²) in [6.07, 6.45) is -0.281. The Hall–Kier alpha value is -2.77. The van der Waals surface area contributed by atoms with E-state index in [9.17, 15) is 29.1 Å². The van der Waals surface area contributed by atoms with Crippen molar-refractivity contribution >= 4 is 29.6 Å². The van der Waals surface area contributed by atoms with Gasteiger partial charge in [-0.25, -0.2) is 4.79 Å². The fourth-order valence-electron chi connectivity index (χ4n) is 2.22. The van der Waals surface area contributed by atoms with Gasteiger partial charge in [-0.05, 0) is 12.3 Å². The second kappa shape index (κ2) is 12.6. The van der Waals surface area contributed by atoms with Gasteiger partial charge in [0.15, 0.2) is 0 Å². The molecule has 13 nitrogen and oxygen atoms in total. The SMILES string of the molecule is CC(C)CC(NC(=O)C(N)CC(N)=O)C(=O)NC(CO)C(=O)NC(CO)C(=O)O. The summed E-state index contributed by atoms with van der Waals surface area (Å²) in [5.74, 6) is -5.04. The number of amides is 4. The van der Waals surface area contributed by atoms with Crippen molar-refractivity contribution in [3.63, 3.8) is 0 Å². The Balaban J connectivity index is 5.17. The lowest BCUT2D eigenvalue weighted by Crippen LogP contribution is -2.58. The molecule has 0 aromatic carbocycles. The number of primary amides is 1. The minimum Gasteiger partial charge on any atom is -0.480 e. The number of aliphatic hydroxyl groups excluding tert-OH is 2. The number of aliphatic hydroxyl groups is 2. The van der Waals surface area contributed by atoms with E-state index in [1.54, 1.807) is 13.8 Å². The van der Waals surface area contributed by atoms with E-state index in [4.69, 9.17) is 21.7 Å². The van der Waals surface area contributed by atoms with Crippen LogP contribution in [0.2, 0.25) is 0 Å². The van der Waals surface area contributed by atoms with Gasteiger partial charge in [0.2, 0.25) is 23.6 Å². The lowest BCUT2D eigenvalue weighted by atomic mass is 10.0. The standard InChI is InChI=1S/C16H29N5O8/c1-7(2)3-9(19-13(25)8(17)4-12(18)24)14(26)20-10(5-22)15(27)21-11(6-23)16(28)29/h7-11,22-23H,3-6,17H2,1-2H3,(H2,18,24)(H,19,25)(H,20,26)(H,21,27)(H,28,29). The zero-order valence-electron chi connectivity index (χ0n) is 16.3. The number of hydrogen-bond acceptors (Lipinski definition) is 8. The Labute approximate surface area is 167 Å². The van der Waals surface area contributed by atoms with Crippen LogP contribution in [-0.2, 0) is 24.0 Å². The van der Waals surface area contributed by atoms with Crippen LogP contribution >= 0.6 is 0 Å². The van der Waals surface area contributed by atoms with Crippen molar-refractivity contribution in [1.82, 2.24) is 16.0 Å². The smallest absolute Gasteiger partial charge is 0.328 e. The van der Waals surface area contributed by atoms with Crippen LogP contribution in [0.3, 0.4) is 0 Å². The summed E-state index contributed by atoms with van der Waals surface area (Å²) in [7, 11) is 0. The molecule has 0 aliphatic carbocycles. The highest BCUT2D eigenvalue weighted by Crippen LogP contribution is 2.06.